The monoisotopic (exact) mass is 296 g/mol. The number of hydrogen-bond acceptors (Lipinski definition) is 4. The normalized spacial score (nSPS) is 26.1. The molecule has 0 aliphatic carbocycles. The molecule has 1 aliphatic rings. The molecule has 0 bridgehead atoms. The first kappa shape index (κ1) is 15.1. The number of halogens is 1. The van der Waals surface area contributed by atoms with E-state index in [9.17, 15) is 4.79 Å². The van der Waals surface area contributed by atoms with Crippen LogP contribution in [0.4, 0.5) is 5.69 Å². The predicted molar refractivity (Wildman–Crippen MR) is 81.1 cm³/mol. The minimum atomic E-state index is -0.709. The molecular formula is C15H21ClN2O2. The standard InChI is InChI=1S/C15H21ClN2O2/c1-3-11-10-17-9-8-15(11,14(19)20-2)18-13-7-5-4-6-12(13)16/h4-7,11,17-18H,3,8-10H2,1-2H3. The highest BCUT2D eigenvalue weighted by Crippen LogP contribution is 2.34. The van der Waals surface area contributed by atoms with Gasteiger partial charge < -0.3 is 15.4 Å². The van der Waals surface area contributed by atoms with Crippen molar-refractivity contribution in [2.24, 2.45) is 5.92 Å². The summed E-state index contributed by atoms with van der Waals surface area (Å²) >= 11 is 6.21. The topological polar surface area (TPSA) is 50.4 Å². The molecule has 0 aromatic heterocycles. The Hall–Kier alpha value is -1.26. The van der Waals surface area contributed by atoms with E-state index in [1.165, 1.54) is 7.11 Å². The van der Waals surface area contributed by atoms with E-state index in [0.29, 0.717) is 11.4 Å². The predicted octanol–water partition coefficient (Wildman–Crippen LogP) is 2.68. The Bertz CT molecular complexity index is 481. The van der Waals surface area contributed by atoms with Crippen LogP contribution in [-0.2, 0) is 9.53 Å². The molecule has 1 aromatic carbocycles. The maximum Gasteiger partial charge on any atom is 0.331 e. The molecule has 0 saturated carbocycles. The van der Waals surface area contributed by atoms with Crippen molar-refractivity contribution < 1.29 is 9.53 Å². The molecule has 110 valence electrons. The second-order valence-electron chi connectivity index (χ2n) is 5.13. The molecule has 1 fully saturated rings. The zero-order valence-corrected chi connectivity index (χ0v) is 12.7. The number of methoxy groups -OCH3 is 1. The average Bonchev–Trinajstić information content (AvgIpc) is 2.49. The van der Waals surface area contributed by atoms with Crippen LogP contribution in [0.25, 0.3) is 0 Å². The van der Waals surface area contributed by atoms with Crippen molar-refractivity contribution in [3.63, 3.8) is 0 Å². The molecule has 1 aromatic rings. The fraction of sp³-hybridized carbons (Fsp3) is 0.533. The number of anilines is 1. The molecular weight excluding hydrogens is 276 g/mol. The van der Waals surface area contributed by atoms with Gasteiger partial charge in [0.15, 0.2) is 0 Å². The number of rotatable bonds is 4. The Morgan fingerprint density at radius 1 is 1.55 bits per heavy atom. The van der Waals surface area contributed by atoms with Crippen LogP contribution in [0.3, 0.4) is 0 Å². The van der Waals surface area contributed by atoms with Gasteiger partial charge in [-0.15, -0.1) is 0 Å². The van der Waals surface area contributed by atoms with Gasteiger partial charge in [-0.3, -0.25) is 0 Å². The van der Waals surface area contributed by atoms with Crippen molar-refractivity contribution in [2.75, 3.05) is 25.5 Å². The van der Waals surface area contributed by atoms with Crippen LogP contribution < -0.4 is 10.6 Å². The highest BCUT2D eigenvalue weighted by molar-refractivity contribution is 6.33. The fourth-order valence-electron chi connectivity index (χ4n) is 2.90. The lowest BCUT2D eigenvalue weighted by atomic mass is 9.76. The number of ether oxygens (including phenoxy) is 1. The molecule has 0 spiro atoms. The van der Waals surface area contributed by atoms with E-state index in [-0.39, 0.29) is 11.9 Å². The van der Waals surface area contributed by atoms with E-state index in [0.717, 1.165) is 25.2 Å². The Morgan fingerprint density at radius 2 is 2.30 bits per heavy atom. The van der Waals surface area contributed by atoms with Crippen molar-refractivity contribution in [3.8, 4) is 0 Å². The molecule has 2 atom stereocenters. The van der Waals surface area contributed by atoms with E-state index < -0.39 is 5.54 Å². The third-order valence-electron chi connectivity index (χ3n) is 4.06. The van der Waals surface area contributed by atoms with Crippen molar-refractivity contribution >= 4 is 23.3 Å². The Balaban J connectivity index is 2.36. The minimum Gasteiger partial charge on any atom is -0.467 e. The second-order valence-corrected chi connectivity index (χ2v) is 5.53. The van der Waals surface area contributed by atoms with Crippen LogP contribution in [0.2, 0.25) is 5.02 Å². The van der Waals surface area contributed by atoms with E-state index in [1.807, 2.05) is 24.3 Å². The lowest BCUT2D eigenvalue weighted by molar-refractivity contribution is -0.149. The SMILES string of the molecule is CCC1CNCCC1(Nc1ccccc1Cl)C(=O)OC. The first-order valence-electron chi connectivity index (χ1n) is 6.96. The number of piperidine rings is 1. The van der Waals surface area contributed by atoms with Gasteiger partial charge in [-0.25, -0.2) is 4.79 Å². The molecule has 0 radical (unpaired) electrons. The molecule has 2 unspecified atom stereocenters. The van der Waals surface area contributed by atoms with Crippen LogP contribution >= 0.6 is 11.6 Å². The van der Waals surface area contributed by atoms with Crippen LogP contribution in [0, 0.1) is 5.92 Å². The zero-order chi connectivity index (χ0) is 14.6. The summed E-state index contributed by atoms with van der Waals surface area (Å²) in [4.78, 5) is 12.4. The van der Waals surface area contributed by atoms with E-state index >= 15 is 0 Å². The van der Waals surface area contributed by atoms with Gasteiger partial charge in [0.1, 0.15) is 5.54 Å². The van der Waals surface area contributed by atoms with Crippen LogP contribution in [0.15, 0.2) is 24.3 Å². The molecule has 5 heteroatoms. The summed E-state index contributed by atoms with van der Waals surface area (Å²) in [6.45, 7) is 3.66. The van der Waals surface area contributed by atoms with Crippen molar-refractivity contribution in [1.82, 2.24) is 5.32 Å². The van der Waals surface area contributed by atoms with Crippen LogP contribution in [0.1, 0.15) is 19.8 Å². The van der Waals surface area contributed by atoms with Gasteiger partial charge in [-0.2, -0.15) is 0 Å². The van der Waals surface area contributed by atoms with E-state index in [2.05, 4.69) is 17.6 Å². The number of carbonyl (C=O) groups excluding carboxylic acids is 1. The van der Waals surface area contributed by atoms with Gasteiger partial charge in [-0.05, 0) is 31.5 Å². The highest BCUT2D eigenvalue weighted by atomic mass is 35.5. The van der Waals surface area contributed by atoms with Crippen molar-refractivity contribution in [1.29, 1.82) is 0 Å². The highest BCUT2D eigenvalue weighted by Gasteiger charge is 2.47. The Kier molecular flexibility index (Phi) is 4.89. The number of para-hydroxylation sites is 1. The van der Waals surface area contributed by atoms with E-state index in [4.69, 9.17) is 16.3 Å². The average molecular weight is 297 g/mol. The maximum atomic E-state index is 12.4. The van der Waals surface area contributed by atoms with Crippen LogP contribution in [-0.4, -0.2) is 31.7 Å². The lowest BCUT2D eigenvalue weighted by Crippen LogP contribution is -2.60. The molecule has 1 saturated heterocycles. The molecule has 0 amide bonds. The van der Waals surface area contributed by atoms with Gasteiger partial charge in [0, 0.05) is 12.5 Å². The summed E-state index contributed by atoms with van der Waals surface area (Å²) in [7, 11) is 1.44. The zero-order valence-electron chi connectivity index (χ0n) is 11.9. The summed E-state index contributed by atoms with van der Waals surface area (Å²) in [5, 5.41) is 7.32. The van der Waals surface area contributed by atoms with Gasteiger partial charge >= 0.3 is 5.97 Å². The lowest BCUT2D eigenvalue weighted by Gasteiger charge is -2.43. The molecule has 20 heavy (non-hydrogen) atoms. The molecule has 4 nitrogen and oxygen atoms in total. The van der Waals surface area contributed by atoms with Gasteiger partial charge in [-0.1, -0.05) is 30.7 Å². The third-order valence-corrected chi connectivity index (χ3v) is 4.39. The molecule has 2 rings (SSSR count). The number of benzene rings is 1. The summed E-state index contributed by atoms with van der Waals surface area (Å²) < 4.78 is 5.06. The third kappa shape index (κ3) is 2.76. The fourth-order valence-corrected chi connectivity index (χ4v) is 3.09. The first-order valence-corrected chi connectivity index (χ1v) is 7.33. The number of nitrogens with one attached hydrogen (secondary N) is 2. The Morgan fingerprint density at radius 3 is 2.95 bits per heavy atom. The van der Waals surface area contributed by atoms with E-state index in [1.54, 1.807) is 0 Å². The second kappa shape index (κ2) is 6.46. The summed E-state index contributed by atoms with van der Waals surface area (Å²) in [6.07, 6.45) is 1.57. The maximum absolute atomic E-state index is 12.4. The van der Waals surface area contributed by atoms with Gasteiger partial charge in [0.05, 0.1) is 17.8 Å². The Labute approximate surface area is 124 Å². The molecule has 1 aliphatic heterocycles. The molecule has 1 heterocycles. The van der Waals surface area contributed by atoms with Crippen LogP contribution in [0.5, 0.6) is 0 Å². The van der Waals surface area contributed by atoms with Gasteiger partial charge in [0.2, 0.25) is 0 Å². The minimum absolute atomic E-state index is 0.167. The quantitative estimate of drug-likeness (QED) is 0.839. The van der Waals surface area contributed by atoms with Crippen molar-refractivity contribution in [2.45, 2.75) is 25.3 Å². The largest absolute Gasteiger partial charge is 0.467 e. The first-order chi connectivity index (χ1) is 9.64. The van der Waals surface area contributed by atoms with Crippen molar-refractivity contribution in [3.05, 3.63) is 29.3 Å². The summed E-state index contributed by atoms with van der Waals surface area (Å²) in [5.74, 6) is -0.0502. The number of esters is 1. The number of carbonyl (C=O) groups is 1. The van der Waals surface area contributed by atoms with Gasteiger partial charge in [0.25, 0.3) is 0 Å². The molecule has 2 N–H and O–H groups in total. The summed E-state index contributed by atoms with van der Waals surface area (Å²) in [5.41, 5.74) is 0.0691. The smallest absolute Gasteiger partial charge is 0.331 e. The summed E-state index contributed by atoms with van der Waals surface area (Å²) in [6, 6.07) is 7.48. The number of hydrogen-bond donors (Lipinski definition) is 2.